The zero-order valence-corrected chi connectivity index (χ0v) is 9.80. The number of nitrogen functional groups attached to an aromatic ring is 1. The van der Waals surface area contributed by atoms with Gasteiger partial charge in [-0.15, -0.1) is 0 Å². The van der Waals surface area contributed by atoms with Crippen molar-refractivity contribution in [3.63, 3.8) is 0 Å². The quantitative estimate of drug-likeness (QED) is 0.602. The van der Waals surface area contributed by atoms with Gasteiger partial charge in [-0.1, -0.05) is 6.07 Å². The topological polar surface area (TPSA) is 81.9 Å². The summed E-state index contributed by atoms with van der Waals surface area (Å²) >= 11 is 0. The first-order chi connectivity index (χ1) is 8.66. The molecule has 1 aliphatic heterocycles. The van der Waals surface area contributed by atoms with Gasteiger partial charge in [-0.2, -0.15) is 0 Å². The third kappa shape index (κ3) is 2.98. The van der Waals surface area contributed by atoms with Crippen LogP contribution in [-0.4, -0.2) is 43.1 Å². The van der Waals surface area contributed by atoms with Crippen molar-refractivity contribution in [1.82, 2.24) is 4.90 Å². The van der Waals surface area contributed by atoms with Crippen LogP contribution in [0.3, 0.4) is 0 Å². The van der Waals surface area contributed by atoms with E-state index in [0.717, 1.165) is 4.90 Å². The van der Waals surface area contributed by atoms with Gasteiger partial charge in [0.1, 0.15) is 25.6 Å². The molecule has 0 radical (unpaired) electrons. The van der Waals surface area contributed by atoms with E-state index < -0.39 is 0 Å². The fourth-order valence-electron chi connectivity index (χ4n) is 1.63. The van der Waals surface area contributed by atoms with Gasteiger partial charge in [-0.05, 0) is 12.1 Å². The van der Waals surface area contributed by atoms with Crippen LogP contribution in [0.5, 0.6) is 5.75 Å². The smallest absolute Gasteiger partial charge is 0.255 e. The van der Waals surface area contributed by atoms with Crippen molar-refractivity contribution in [1.29, 1.82) is 0 Å². The maximum atomic E-state index is 11.4. The molecule has 0 aromatic heterocycles. The summed E-state index contributed by atoms with van der Waals surface area (Å²) < 4.78 is 10.2. The molecule has 6 nitrogen and oxygen atoms in total. The summed E-state index contributed by atoms with van der Waals surface area (Å²) in [4.78, 5) is 24.0. The monoisotopic (exact) mass is 250 g/mol. The van der Waals surface area contributed by atoms with E-state index in [-0.39, 0.29) is 38.2 Å². The van der Waals surface area contributed by atoms with E-state index in [4.69, 9.17) is 15.2 Å². The highest BCUT2D eigenvalue weighted by Crippen LogP contribution is 2.14. The number of rotatable bonds is 4. The SMILES string of the molecule is Nc1cccc(OCCN2C(=O)COCC2=O)c1. The molecule has 6 heteroatoms. The van der Waals surface area contributed by atoms with Crippen molar-refractivity contribution < 1.29 is 19.1 Å². The lowest BCUT2D eigenvalue weighted by Crippen LogP contribution is -2.47. The number of hydrogen-bond donors (Lipinski definition) is 1. The molecule has 0 unspecified atom stereocenters. The van der Waals surface area contributed by atoms with Crippen LogP contribution in [0.1, 0.15) is 0 Å². The second-order valence-corrected chi connectivity index (χ2v) is 3.85. The minimum absolute atomic E-state index is 0.0516. The van der Waals surface area contributed by atoms with Gasteiger partial charge in [0.05, 0.1) is 6.54 Å². The van der Waals surface area contributed by atoms with Crippen molar-refractivity contribution >= 4 is 17.5 Å². The molecule has 0 bridgehead atoms. The number of carbonyl (C=O) groups excluding carboxylic acids is 2. The Balaban J connectivity index is 1.84. The van der Waals surface area contributed by atoms with Crippen LogP contribution < -0.4 is 10.5 Å². The van der Waals surface area contributed by atoms with Gasteiger partial charge < -0.3 is 15.2 Å². The molecule has 18 heavy (non-hydrogen) atoms. The zero-order chi connectivity index (χ0) is 13.0. The van der Waals surface area contributed by atoms with Gasteiger partial charge in [0.25, 0.3) is 11.8 Å². The standard InChI is InChI=1S/C12H14N2O4/c13-9-2-1-3-10(6-9)18-5-4-14-11(15)7-17-8-12(14)16/h1-3,6H,4-5,7-8,13H2. The molecular formula is C12H14N2O4. The Kier molecular flexibility index (Phi) is 3.78. The molecule has 1 heterocycles. The number of imide groups is 1. The minimum atomic E-state index is -0.331. The number of amides is 2. The summed E-state index contributed by atoms with van der Waals surface area (Å²) in [7, 11) is 0. The molecule has 96 valence electrons. The average Bonchev–Trinajstić information content (AvgIpc) is 2.33. The van der Waals surface area contributed by atoms with Crippen LogP contribution >= 0.6 is 0 Å². The highest BCUT2D eigenvalue weighted by atomic mass is 16.5. The Morgan fingerprint density at radius 2 is 2.00 bits per heavy atom. The predicted molar refractivity (Wildman–Crippen MR) is 63.9 cm³/mol. The first-order valence-corrected chi connectivity index (χ1v) is 5.56. The molecule has 1 fully saturated rings. The van der Waals surface area contributed by atoms with Gasteiger partial charge >= 0.3 is 0 Å². The summed E-state index contributed by atoms with van der Waals surface area (Å²) in [6.07, 6.45) is 0. The number of benzene rings is 1. The lowest BCUT2D eigenvalue weighted by molar-refractivity contribution is -0.158. The summed E-state index contributed by atoms with van der Waals surface area (Å²) in [5.41, 5.74) is 6.20. The molecule has 0 saturated carbocycles. The van der Waals surface area contributed by atoms with Crippen molar-refractivity contribution in [3.05, 3.63) is 24.3 Å². The lowest BCUT2D eigenvalue weighted by Gasteiger charge is -2.24. The molecule has 0 spiro atoms. The molecule has 2 amide bonds. The summed E-state index contributed by atoms with van der Waals surface area (Å²) in [5.74, 6) is -0.0481. The summed E-state index contributed by atoms with van der Waals surface area (Å²) in [6, 6.07) is 6.97. The number of hydrogen-bond acceptors (Lipinski definition) is 5. The average molecular weight is 250 g/mol. The molecule has 2 rings (SSSR count). The molecule has 1 saturated heterocycles. The van der Waals surface area contributed by atoms with Gasteiger partial charge in [-0.3, -0.25) is 14.5 Å². The number of morpholine rings is 1. The van der Waals surface area contributed by atoms with E-state index in [9.17, 15) is 9.59 Å². The highest BCUT2D eigenvalue weighted by Gasteiger charge is 2.26. The first-order valence-electron chi connectivity index (χ1n) is 5.56. The molecule has 1 aromatic carbocycles. The Labute approximate surface area is 104 Å². The van der Waals surface area contributed by atoms with E-state index in [1.807, 2.05) is 0 Å². The van der Waals surface area contributed by atoms with E-state index >= 15 is 0 Å². The fraction of sp³-hybridized carbons (Fsp3) is 0.333. The van der Waals surface area contributed by atoms with Crippen molar-refractivity contribution in [3.8, 4) is 5.75 Å². The minimum Gasteiger partial charge on any atom is -0.492 e. The highest BCUT2D eigenvalue weighted by molar-refractivity contribution is 5.98. The van der Waals surface area contributed by atoms with Crippen LogP contribution in [0.2, 0.25) is 0 Å². The third-order valence-corrected chi connectivity index (χ3v) is 2.49. The number of nitrogens with two attached hydrogens (primary N) is 1. The molecule has 0 aliphatic carbocycles. The summed E-state index contributed by atoms with van der Waals surface area (Å²) in [6.45, 7) is 0.352. The van der Waals surface area contributed by atoms with Crippen molar-refractivity contribution in [2.75, 3.05) is 32.1 Å². The maximum absolute atomic E-state index is 11.4. The second-order valence-electron chi connectivity index (χ2n) is 3.85. The van der Waals surface area contributed by atoms with E-state index in [1.54, 1.807) is 24.3 Å². The largest absolute Gasteiger partial charge is 0.492 e. The number of ether oxygens (including phenoxy) is 2. The number of carbonyl (C=O) groups is 2. The molecule has 0 atom stereocenters. The van der Waals surface area contributed by atoms with Gasteiger partial charge in [-0.25, -0.2) is 0 Å². The van der Waals surface area contributed by atoms with Gasteiger partial charge in [0.2, 0.25) is 0 Å². The number of anilines is 1. The predicted octanol–water partition coefficient (Wildman–Crippen LogP) is 0.0330. The fourth-order valence-corrected chi connectivity index (χ4v) is 1.63. The Morgan fingerprint density at radius 1 is 1.28 bits per heavy atom. The van der Waals surface area contributed by atoms with E-state index in [0.29, 0.717) is 11.4 Å². The number of nitrogens with zero attached hydrogens (tertiary/aromatic N) is 1. The van der Waals surface area contributed by atoms with E-state index in [2.05, 4.69) is 0 Å². The second kappa shape index (κ2) is 5.50. The van der Waals surface area contributed by atoms with Crippen LogP contribution in [0.15, 0.2) is 24.3 Å². The van der Waals surface area contributed by atoms with E-state index in [1.165, 1.54) is 0 Å². The molecule has 1 aromatic rings. The maximum Gasteiger partial charge on any atom is 0.255 e. The Hall–Kier alpha value is -2.08. The van der Waals surface area contributed by atoms with Crippen LogP contribution in [0.25, 0.3) is 0 Å². The Morgan fingerprint density at radius 3 is 2.67 bits per heavy atom. The van der Waals surface area contributed by atoms with Crippen molar-refractivity contribution in [2.24, 2.45) is 0 Å². The van der Waals surface area contributed by atoms with Crippen LogP contribution in [0.4, 0.5) is 5.69 Å². The van der Waals surface area contributed by atoms with Gasteiger partial charge in [0.15, 0.2) is 0 Å². The Bertz CT molecular complexity index is 445. The van der Waals surface area contributed by atoms with Crippen LogP contribution in [0, 0.1) is 0 Å². The lowest BCUT2D eigenvalue weighted by atomic mass is 10.3. The first kappa shape index (κ1) is 12.4. The zero-order valence-electron chi connectivity index (χ0n) is 9.80. The molecule has 2 N–H and O–H groups in total. The van der Waals surface area contributed by atoms with Gasteiger partial charge in [0, 0.05) is 11.8 Å². The van der Waals surface area contributed by atoms with Crippen LogP contribution in [-0.2, 0) is 14.3 Å². The summed E-state index contributed by atoms with van der Waals surface area (Å²) in [5, 5.41) is 0. The third-order valence-electron chi connectivity index (χ3n) is 2.49. The van der Waals surface area contributed by atoms with Crippen molar-refractivity contribution in [2.45, 2.75) is 0 Å². The molecule has 1 aliphatic rings. The molecular weight excluding hydrogens is 236 g/mol. The normalized spacial score (nSPS) is 15.9.